The number of carbonyl (C=O) groups excluding carboxylic acids is 2. The van der Waals surface area contributed by atoms with Gasteiger partial charge in [-0.25, -0.2) is 0 Å². The number of nitrogens with two attached hydrogens (primary N) is 2. The molecule has 0 bridgehead atoms. The number of nitrogens with one attached hydrogen (secondary N) is 2. The molecule has 8 heteroatoms. The molecule has 0 heterocycles. The van der Waals surface area contributed by atoms with Crippen molar-refractivity contribution >= 4 is 17.7 Å². The lowest BCUT2D eigenvalue weighted by Crippen LogP contribution is -2.47. The van der Waals surface area contributed by atoms with E-state index in [-0.39, 0.29) is 12.3 Å². The molecule has 3 aromatic carbocycles. The van der Waals surface area contributed by atoms with Gasteiger partial charge in [-0.3, -0.25) is 15.0 Å². The highest BCUT2D eigenvalue weighted by atomic mass is 16.5. The summed E-state index contributed by atoms with van der Waals surface area (Å²) in [5.41, 5.74) is 15.9. The Morgan fingerprint density at radius 1 is 0.971 bits per heavy atom. The minimum Gasteiger partial charge on any atom is -0.469 e. The molecule has 0 radical (unpaired) electrons. The fraction of sp³-hybridized carbons (Fsp3) is 0.222. The van der Waals surface area contributed by atoms with Crippen molar-refractivity contribution in [1.29, 1.82) is 5.41 Å². The van der Waals surface area contributed by atoms with Crippen LogP contribution in [-0.2, 0) is 22.5 Å². The van der Waals surface area contributed by atoms with E-state index in [1.165, 1.54) is 7.11 Å². The molecular weight excluding hydrogens is 444 g/mol. The third kappa shape index (κ3) is 6.53. The second kappa shape index (κ2) is 11.9. The second-order valence-corrected chi connectivity index (χ2v) is 8.19. The zero-order chi connectivity index (χ0) is 25.4. The van der Waals surface area contributed by atoms with Crippen LogP contribution < -0.4 is 16.8 Å². The summed E-state index contributed by atoms with van der Waals surface area (Å²) >= 11 is 0. The number of aliphatic hydroxyl groups excluding tert-OH is 1. The molecular formula is C27H30N4O4. The number of amidine groups is 1. The standard InChI is InChI=1S/C27H30N4O4/c1-35-27(34)23(14-17-4-2-7-22(12-17)25(29)30)24(16-32)31-26(33)20-10-8-19(9-11-20)21-6-3-5-18(13-21)15-28/h2-13,23-24,32H,14-16,28H2,1H3,(H3,29,30)(H,31,33). The van der Waals surface area contributed by atoms with Gasteiger partial charge in [0.2, 0.25) is 0 Å². The Balaban J connectivity index is 1.77. The summed E-state index contributed by atoms with van der Waals surface area (Å²) in [5.74, 6) is -1.91. The summed E-state index contributed by atoms with van der Waals surface area (Å²) in [7, 11) is 1.26. The highest BCUT2D eigenvalue weighted by Crippen LogP contribution is 2.22. The lowest BCUT2D eigenvalue weighted by molar-refractivity contribution is -0.146. The number of ether oxygens (including phenoxy) is 1. The van der Waals surface area contributed by atoms with Crippen LogP contribution in [0.2, 0.25) is 0 Å². The first-order valence-electron chi connectivity index (χ1n) is 11.2. The molecule has 182 valence electrons. The number of carbonyl (C=O) groups is 2. The van der Waals surface area contributed by atoms with Crippen molar-refractivity contribution in [2.24, 2.45) is 17.4 Å². The predicted octanol–water partition coefficient (Wildman–Crippen LogP) is 2.22. The zero-order valence-corrected chi connectivity index (χ0v) is 19.5. The Kier molecular flexibility index (Phi) is 8.72. The van der Waals surface area contributed by atoms with Crippen LogP contribution in [0.1, 0.15) is 27.0 Å². The normalized spacial score (nSPS) is 12.4. The first kappa shape index (κ1) is 25.6. The summed E-state index contributed by atoms with van der Waals surface area (Å²) in [6, 6.07) is 21.0. The number of aliphatic hydroxyl groups is 1. The van der Waals surface area contributed by atoms with Crippen LogP contribution in [0.3, 0.4) is 0 Å². The van der Waals surface area contributed by atoms with Crippen LogP contribution in [-0.4, -0.2) is 42.6 Å². The maximum atomic E-state index is 12.9. The number of benzene rings is 3. The summed E-state index contributed by atoms with van der Waals surface area (Å²) in [6.07, 6.45) is 0.190. The van der Waals surface area contributed by atoms with Crippen molar-refractivity contribution in [2.45, 2.75) is 19.0 Å². The van der Waals surface area contributed by atoms with Gasteiger partial charge in [-0.15, -0.1) is 0 Å². The van der Waals surface area contributed by atoms with E-state index in [1.54, 1.807) is 36.4 Å². The van der Waals surface area contributed by atoms with Crippen LogP contribution in [0.5, 0.6) is 0 Å². The van der Waals surface area contributed by atoms with E-state index >= 15 is 0 Å². The van der Waals surface area contributed by atoms with Gasteiger partial charge in [-0.2, -0.15) is 0 Å². The van der Waals surface area contributed by atoms with E-state index in [2.05, 4.69) is 5.32 Å². The average molecular weight is 475 g/mol. The first-order chi connectivity index (χ1) is 16.9. The smallest absolute Gasteiger partial charge is 0.311 e. The third-order valence-corrected chi connectivity index (χ3v) is 5.84. The molecule has 0 aliphatic carbocycles. The lowest BCUT2D eigenvalue weighted by Gasteiger charge is -2.25. The molecule has 0 saturated heterocycles. The van der Waals surface area contributed by atoms with Gasteiger partial charge in [0.15, 0.2) is 0 Å². The Hall–Kier alpha value is -4.01. The molecule has 0 fully saturated rings. The van der Waals surface area contributed by atoms with Gasteiger partial charge in [0.25, 0.3) is 5.91 Å². The van der Waals surface area contributed by atoms with E-state index < -0.39 is 30.4 Å². The fourth-order valence-electron chi connectivity index (χ4n) is 3.88. The second-order valence-electron chi connectivity index (χ2n) is 8.19. The van der Waals surface area contributed by atoms with Crippen molar-refractivity contribution in [3.8, 4) is 11.1 Å². The molecule has 2 atom stereocenters. The average Bonchev–Trinajstić information content (AvgIpc) is 2.90. The molecule has 35 heavy (non-hydrogen) atoms. The summed E-state index contributed by atoms with van der Waals surface area (Å²) < 4.78 is 4.94. The number of hydrogen-bond acceptors (Lipinski definition) is 6. The van der Waals surface area contributed by atoms with E-state index in [4.69, 9.17) is 21.6 Å². The van der Waals surface area contributed by atoms with Crippen LogP contribution in [0.25, 0.3) is 11.1 Å². The predicted molar refractivity (Wildman–Crippen MR) is 135 cm³/mol. The molecule has 7 N–H and O–H groups in total. The molecule has 3 rings (SSSR count). The van der Waals surface area contributed by atoms with E-state index in [1.807, 2.05) is 36.4 Å². The van der Waals surface area contributed by atoms with Crippen molar-refractivity contribution in [3.05, 3.63) is 95.1 Å². The molecule has 0 aromatic heterocycles. The number of methoxy groups -OCH3 is 1. The highest BCUT2D eigenvalue weighted by molar-refractivity contribution is 5.96. The van der Waals surface area contributed by atoms with E-state index in [0.29, 0.717) is 17.7 Å². The molecule has 3 aromatic rings. The van der Waals surface area contributed by atoms with E-state index in [9.17, 15) is 14.7 Å². The van der Waals surface area contributed by atoms with Crippen LogP contribution in [0, 0.1) is 11.3 Å². The third-order valence-electron chi connectivity index (χ3n) is 5.84. The Bertz CT molecular complexity index is 1190. The summed E-state index contributed by atoms with van der Waals surface area (Å²) in [6.45, 7) is -0.0147. The molecule has 0 aliphatic heterocycles. The van der Waals surface area contributed by atoms with Gasteiger partial charge in [0, 0.05) is 17.7 Å². The molecule has 0 spiro atoms. The SMILES string of the molecule is COC(=O)C(Cc1cccc(C(=N)N)c1)C(CO)NC(=O)c1ccc(-c2cccc(CN)c2)cc1. The van der Waals surface area contributed by atoms with Crippen molar-refractivity contribution < 1.29 is 19.4 Å². The van der Waals surface area contributed by atoms with E-state index in [0.717, 1.165) is 22.3 Å². The Labute approximate surface area is 204 Å². The van der Waals surface area contributed by atoms with Gasteiger partial charge < -0.3 is 26.6 Å². The maximum Gasteiger partial charge on any atom is 0.311 e. The maximum absolute atomic E-state index is 12.9. The summed E-state index contributed by atoms with van der Waals surface area (Å²) in [5, 5.41) is 20.4. The molecule has 0 saturated carbocycles. The van der Waals surface area contributed by atoms with Gasteiger partial charge in [0.1, 0.15) is 5.84 Å². The quantitative estimate of drug-likeness (QED) is 0.173. The van der Waals surface area contributed by atoms with Gasteiger partial charge in [-0.1, -0.05) is 48.5 Å². The number of hydrogen-bond donors (Lipinski definition) is 5. The monoisotopic (exact) mass is 474 g/mol. The Morgan fingerprint density at radius 3 is 2.29 bits per heavy atom. The van der Waals surface area contributed by atoms with Crippen molar-refractivity contribution in [3.63, 3.8) is 0 Å². The minimum atomic E-state index is -0.878. The molecule has 8 nitrogen and oxygen atoms in total. The van der Waals surface area contributed by atoms with Crippen molar-refractivity contribution in [1.82, 2.24) is 5.32 Å². The van der Waals surface area contributed by atoms with Crippen LogP contribution in [0.4, 0.5) is 0 Å². The zero-order valence-electron chi connectivity index (χ0n) is 19.5. The topological polar surface area (TPSA) is 152 Å². The van der Waals surface area contributed by atoms with Crippen LogP contribution >= 0.6 is 0 Å². The lowest BCUT2D eigenvalue weighted by atomic mass is 9.91. The molecule has 1 amide bonds. The fourth-order valence-corrected chi connectivity index (χ4v) is 3.88. The molecule has 2 unspecified atom stereocenters. The van der Waals surface area contributed by atoms with Crippen LogP contribution in [0.15, 0.2) is 72.8 Å². The number of amides is 1. The number of rotatable bonds is 10. The van der Waals surface area contributed by atoms with Gasteiger partial charge in [0.05, 0.1) is 25.7 Å². The first-order valence-corrected chi connectivity index (χ1v) is 11.2. The van der Waals surface area contributed by atoms with Gasteiger partial charge >= 0.3 is 5.97 Å². The van der Waals surface area contributed by atoms with Gasteiger partial charge in [-0.05, 0) is 52.9 Å². The number of esters is 1. The highest BCUT2D eigenvalue weighted by Gasteiger charge is 2.31. The van der Waals surface area contributed by atoms with Crippen molar-refractivity contribution in [2.75, 3.05) is 13.7 Å². The minimum absolute atomic E-state index is 0.0910. The molecule has 0 aliphatic rings. The summed E-state index contributed by atoms with van der Waals surface area (Å²) in [4.78, 5) is 25.5. The number of nitrogen functional groups attached to an aromatic ring is 1. The largest absolute Gasteiger partial charge is 0.469 e. The Morgan fingerprint density at radius 2 is 1.66 bits per heavy atom.